The van der Waals surface area contributed by atoms with Crippen LogP contribution in [-0.4, -0.2) is 81.8 Å². The highest BCUT2D eigenvalue weighted by atomic mass is 15.5. The number of nitrogens with zero attached hydrogens (tertiary/aromatic N) is 6. The summed E-state index contributed by atoms with van der Waals surface area (Å²) in [5.74, 6) is 1.18. The van der Waals surface area contributed by atoms with Gasteiger partial charge in [-0.25, -0.2) is 14.6 Å². The van der Waals surface area contributed by atoms with E-state index in [4.69, 9.17) is 9.97 Å². The standard InChI is InChI=1S/C28H38N10/c1-21(2)35-38-26-25(33-28(38)32-23-8-5-4-6-9-23)20-30-27(34-26)31-24-12-10-22(11-13-24)29-14-7-15-37-18-16-36(3)17-19-37/h4-6,8-13,20-21,29,35H,7,14-19H2,1-3H3,(H,32,33)(H,30,31,34). The van der Waals surface area contributed by atoms with E-state index in [1.807, 2.05) is 47.1 Å². The Morgan fingerprint density at radius 3 is 2.29 bits per heavy atom. The van der Waals surface area contributed by atoms with E-state index in [1.54, 1.807) is 6.20 Å². The number of piperazine rings is 1. The van der Waals surface area contributed by atoms with Crippen LogP contribution < -0.4 is 21.4 Å². The highest BCUT2D eigenvalue weighted by Gasteiger charge is 2.15. The van der Waals surface area contributed by atoms with Crippen molar-refractivity contribution in [2.75, 3.05) is 67.7 Å². The quantitative estimate of drug-likeness (QED) is 0.218. The smallest absolute Gasteiger partial charge is 0.229 e. The van der Waals surface area contributed by atoms with Crippen molar-refractivity contribution >= 4 is 40.1 Å². The van der Waals surface area contributed by atoms with Crippen LogP contribution in [0.3, 0.4) is 0 Å². The van der Waals surface area contributed by atoms with Crippen molar-refractivity contribution in [1.29, 1.82) is 0 Å². The van der Waals surface area contributed by atoms with Gasteiger partial charge in [0.1, 0.15) is 5.52 Å². The van der Waals surface area contributed by atoms with Gasteiger partial charge in [-0.3, -0.25) is 0 Å². The van der Waals surface area contributed by atoms with Crippen molar-refractivity contribution < 1.29 is 0 Å². The lowest BCUT2D eigenvalue weighted by molar-refractivity contribution is 0.154. The predicted molar refractivity (Wildman–Crippen MR) is 156 cm³/mol. The normalized spacial score (nSPS) is 14.6. The van der Waals surface area contributed by atoms with E-state index in [1.165, 1.54) is 26.2 Å². The van der Waals surface area contributed by atoms with Gasteiger partial charge >= 0.3 is 0 Å². The number of nitrogens with one attached hydrogen (secondary N) is 4. The van der Waals surface area contributed by atoms with Crippen molar-refractivity contribution in [3.05, 3.63) is 60.8 Å². The van der Waals surface area contributed by atoms with Crippen molar-refractivity contribution in [3.63, 3.8) is 0 Å². The minimum absolute atomic E-state index is 0.191. The Kier molecular flexibility index (Phi) is 8.20. The summed E-state index contributed by atoms with van der Waals surface area (Å²) in [5.41, 5.74) is 7.82. The molecule has 10 nitrogen and oxygen atoms in total. The van der Waals surface area contributed by atoms with Crippen molar-refractivity contribution in [3.8, 4) is 0 Å². The molecule has 2 aromatic carbocycles. The molecule has 1 aliphatic heterocycles. The molecule has 0 aliphatic carbocycles. The maximum Gasteiger partial charge on any atom is 0.229 e. The highest BCUT2D eigenvalue weighted by molar-refractivity contribution is 5.77. The van der Waals surface area contributed by atoms with E-state index in [0.717, 1.165) is 36.6 Å². The van der Waals surface area contributed by atoms with Gasteiger partial charge in [-0.15, -0.1) is 0 Å². The van der Waals surface area contributed by atoms with E-state index in [0.29, 0.717) is 23.1 Å². The summed E-state index contributed by atoms with van der Waals surface area (Å²) in [6.45, 7) is 11.0. The van der Waals surface area contributed by atoms with E-state index in [-0.39, 0.29) is 6.04 Å². The SMILES string of the molecule is CC(C)Nn1c(Nc2ccccc2)nc2cnc(Nc3ccc(NCCCN4CCN(C)CC4)cc3)nc21. The minimum atomic E-state index is 0.191. The van der Waals surface area contributed by atoms with E-state index in [2.05, 4.69) is 69.2 Å². The van der Waals surface area contributed by atoms with Gasteiger partial charge in [0.05, 0.1) is 6.20 Å². The first-order valence-corrected chi connectivity index (χ1v) is 13.4. The monoisotopic (exact) mass is 514 g/mol. The number of fused-ring (bicyclic) bond motifs is 1. The van der Waals surface area contributed by atoms with Gasteiger partial charge in [-0.2, -0.15) is 4.98 Å². The molecular weight excluding hydrogens is 476 g/mol. The van der Waals surface area contributed by atoms with Gasteiger partial charge in [0.2, 0.25) is 11.9 Å². The van der Waals surface area contributed by atoms with E-state index < -0.39 is 0 Å². The van der Waals surface area contributed by atoms with Gasteiger partial charge in [0.25, 0.3) is 0 Å². The molecule has 0 atom stereocenters. The summed E-state index contributed by atoms with van der Waals surface area (Å²) in [7, 11) is 2.20. The van der Waals surface area contributed by atoms with Gasteiger partial charge in [-0.1, -0.05) is 18.2 Å². The number of imidazole rings is 1. The molecule has 200 valence electrons. The molecule has 3 heterocycles. The maximum atomic E-state index is 4.77. The Morgan fingerprint density at radius 1 is 0.842 bits per heavy atom. The minimum Gasteiger partial charge on any atom is -0.385 e. The van der Waals surface area contributed by atoms with Gasteiger partial charge in [0.15, 0.2) is 5.65 Å². The number of hydrogen-bond acceptors (Lipinski definition) is 9. The zero-order valence-corrected chi connectivity index (χ0v) is 22.5. The summed E-state index contributed by atoms with van der Waals surface area (Å²) in [4.78, 5) is 18.9. The average Bonchev–Trinajstić information content (AvgIpc) is 3.24. The number of benzene rings is 2. The number of aromatic nitrogens is 4. The van der Waals surface area contributed by atoms with Gasteiger partial charge < -0.3 is 31.2 Å². The molecule has 38 heavy (non-hydrogen) atoms. The van der Waals surface area contributed by atoms with Crippen LogP contribution in [-0.2, 0) is 0 Å². The second-order valence-electron chi connectivity index (χ2n) is 10.1. The Bertz CT molecular complexity index is 1290. The van der Waals surface area contributed by atoms with Crippen LogP contribution in [0.5, 0.6) is 0 Å². The summed E-state index contributed by atoms with van der Waals surface area (Å²) in [6, 6.07) is 18.4. The molecule has 2 aromatic heterocycles. The lowest BCUT2D eigenvalue weighted by atomic mass is 10.2. The molecule has 1 saturated heterocycles. The van der Waals surface area contributed by atoms with E-state index in [9.17, 15) is 0 Å². The third-order valence-electron chi connectivity index (χ3n) is 6.53. The van der Waals surface area contributed by atoms with Crippen molar-refractivity contribution in [2.24, 2.45) is 0 Å². The molecule has 0 amide bonds. The average molecular weight is 515 g/mol. The number of rotatable bonds is 11. The van der Waals surface area contributed by atoms with Crippen LogP contribution >= 0.6 is 0 Å². The second kappa shape index (κ2) is 12.1. The largest absolute Gasteiger partial charge is 0.385 e. The van der Waals surface area contributed by atoms with Crippen molar-refractivity contribution in [2.45, 2.75) is 26.3 Å². The fourth-order valence-corrected chi connectivity index (χ4v) is 4.46. The Balaban J connectivity index is 1.21. The summed E-state index contributed by atoms with van der Waals surface area (Å²) >= 11 is 0. The summed E-state index contributed by atoms with van der Waals surface area (Å²) < 4.78 is 1.88. The second-order valence-corrected chi connectivity index (χ2v) is 10.1. The fraction of sp³-hybridized carbons (Fsp3) is 0.393. The molecule has 10 heteroatoms. The van der Waals surface area contributed by atoms with Crippen LogP contribution in [0.15, 0.2) is 60.8 Å². The topological polar surface area (TPSA) is 98.2 Å². The van der Waals surface area contributed by atoms with Crippen LogP contribution in [0.1, 0.15) is 20.3 Å². The molecule has 5 rings (SSSR count). The molecule has 0 radical (unpaired) electrons. The molecule has 0 saturated carbocycles. The molecule has 1 aliphatic rings. The highest BCUT2D eigenvalue weighted by Crippen LogP contribution is 2.23. The van der Waals surface area contributed by atoms with Gasteiger partial charge in [0, 0.05) is 55.8 Å². The molecular formula is C28H38N10. The first-order valence-electron chi connectivity index (χ1n) is 13.4. The third kappa shape index (κ3) is 6.70. The molecule has 0 unspecified atom stereocenters. The molecule has 4 aromatic rings. The molecule has 0 bridgehead atoms. The summed E-state index contributed by atoms with van der Waals surface area (Å²) in [6.07, 6.45) is 2.88. The number of likely N-dealkylation sites (N-methyl/N-ethyl adjacent to an activating group) is 1. The molecule has 0 spiro atoms. The molecule has 1 fully saturated rings. The first kappa shape index (κ1) is 25.7. The van der Waals surface area contributed by atoms with Crippen molar-refractivity contribution in [1.82, 2.24) is 29.4 Å². The van der Waals surface area contributed by atoms with Gasteiger partial charge in [-0.05, 0) is 70.3 Å². The van der Waals surface area contributed by atoms with Crippen LogP contribution in [0.25, 0.3) is 11.2 Å². The first-order chi connectivity index (χ1) is 18.5. The van der Waals surface area contributed by atoms with Crippen LogP contribution in [0, 0.1) is 0 Å². The Morgan fingerprint density at radius 2 is 1.55 bits per heavy atom. The lowest BCUT2D eigenvalue weighted by Crippen LogP contribution is -2.44. The number of anilines is 5. The zero-order valence-electron chi connectivity index (χ0n) is 22.5. The predicted octanol–water partition coefficient (Wildman–Crippen LogP) is 4.31. The Hall–Kier alpha value is -3.89. The van der Waals surface area contributed by atoms with Crippen LogP contribution in [0.4, 0.5) is 29.0 Å². The lowest BCUT2D eigenvalue weighted by Gasteiger charge is -2.32. The molecule has 4 N–H and O–H groups in total. The Labute approximate surface area is 224 Å². The summed E-state index contributed by atoms with van der Waals surface area (Å²) in [5, 5.41) is 10.2. The third-order valence-corrected chi connectivity index (χ3v) is 6.53. The number of para-hydroxylation sites is 1. The fourth-order valence-electron chi connectivity index (χ4n) is 4.46. The van der Waals surface area contributed by atoms with E-state index >= 15 is 0 Å². The maximum absolute atomic E-state index is 4.77. The number of hydrogen-bond donors (Lipinski definition) is 4. The zero-order chi connectivity index (χ0) is 26.3. The van der Waals surface area contributed by atoms with Crippen LogP contribution in [0.2, 0.25) is 0 Å².